The number of hydrogen-bond acceptors (Lipinski definition) is 7. The van der Waals surface area contributed by atoms with Crippen LogP contribution in [-0.2, 0) is 4.74 Å². The highest BCUT2D eigenvalue weighted by Gasteiger charge is 2.27. The van der Waals surface area contributed by atoms with Crippen LogP contribution in [0.3, 0.4) is 0 Å². The number of imidazole rings is 1. The fourth-order valence-electron chi connectivity index (χ4n) is 3.49. The number of amides is 1. The molecule has 0 saturated carbocycles. The zero-order chi connectivity index (χ0) is 22.0. The molecular formula is C22H27N5O3S. The molecule has 0 atom stereocenters. The van der Waals surface area contributed by atoms with E-state index in [9.17, 15) is 4.79 Å². The van der Waals surface area contributed by atoms with Crippen LogP contribution in [-0.4, -0.2) is 61.6 Å². The summed E-state index contributed by atoms with van der Waals surface area (Å²) < 4.78 is 13.5. The number of thioether (sulfide) groups is 1. The first-order valence-electron chi connectivity index (χ1n) is 10.3. The monoisotopic (exact) mass is 441 g/mol. The highest BCUT2D eigenvalue weighted by atomic mass is 32.2. The first-order chi connectivity index (χ1) is 14.8. The number of aromatic nitrogens is 4. The van der Waals surface area contributed by atoms with Gasteiger partial charge in [0.1, 0.15) is 17.2 Å². The molecule has 1 aliphatic rings. The number of ether oxygens (including phenoxy) is 2. The molecule has 3 aromatic rings. The van der Waals surface area contributed by atoms with E-state index in [0.29, 0.717) is 19.0 Å². The Bertz CT molecular complexity index is 1050. The lowest BCUT2D eigenvalue weighted by Gasteiger charge is -2.33. The van der Waals surface area contributed by atoms with Gasteiger partial charge in [0.25, 0.3) is 0 Å². The Morgan fingerprint density at radius 2 is 1.94 bits per heavy atom. The number of pyridine rings is 2. The van der Waals surface area contributed by atoms with Gasteiger partial charge in [-0.05, 0) is 45.2 Å². The van der Waals surface area contributed by atoms with Crippen LogP contribution in [0, 0.1) is 0 Å². The summed E-state index contributed by atoms with van der Waals surface area (Å²) in [4.78, 5) is 27.5. The van der Waals surface area contributed by atoms with Crippen molar-refractivity contribution in [1.29, 1.82) is 0 Å². The van der Waals surface area contributed by atoms with Crippen molar-refractivity contribution in [2.24, 2.45) is 0 Å². The predicted octanol–water partition coefficient (Wildman–Crippen LogP) is 4.32. The van der Waals surface area contributed by atoms with Crippen LogP contribution >= 0.6 is 11.8 Å². The fourth-order valence-corrected chi connectivity index (χ4v) is 4.05. The molecular weight excluding hydrogens is 414 g/mol. The second-order valence-electron chi connectivity index (χ2n) is 8.42. The van der Waals surface area contributed by atoms with E-state index in [4.69, 9.17) is 9.47 Å². The second kappa shape index (κ2) is 8.74. The van der Waals surface area contributed by atoms with Gasteiger partial charge >= 0.3 is 6.09 Å². The van der Waals surface area contributed by atoms with E-state index in [2.05, 4.69) is 15.0 Å². The Balaban J connectivity index is 1.40. The van der Waals surface area contributed by atoms with Crippen LogP contribution < -0.4 is 4.74 Å². The van der Waals surface area contributed by atoms with E-state index in [1.165, 1.54) is 0 Å². The molecule has 4 heterocycles. The predicted molar refractivity (Wildman–Crippen MR) is 120 cm³/mol. The number of hydrogen-bond donors (Lipinski definition) is 0. The zero-order valence-electron chi connectivity index (χ0n) is 18.2. The van der Waals surface area contributed by atoms with Gasteiger partial charge in [-0.2, -0.15) is 0 Å². The standard InChI is InChI=1S/C22H27N5O3S/c1-22(2,3)30-21(28)26-12-9-16(10-13-26)29-18-8-7-15(14-24-18)27-19-17(6-5-11-23-19)25-20(27)31-4/h5-8,11,14,16H,9-10,12-13H2,1-4H3. The average molecular weight is 442 g/mol. The van der Waals surface area contributed by atoms with Crippen molar-refractivity contribution >= 4 is 29.0 Å². The average Bonchev–Trinajstić information content (AvgIpc) is 3.12. The molecule has 0 spiro atoms. The molecule has 1 aliphatic heterocycles. The van der Waals surface area contributed by atoms with Gasteiger partial charge in [0, 0.05) is 38.2 Å². The molecule has 0 unspecified atom stereocenters. The second-order valence-corrected chi connectivity index (χ2v) is 9.19. The fraction of sp³-hybridized carbons (Fsp3) is 0.455. The molecule has 1 saturated heterocycles. The van der Waals surface area contributed by atoms with Gasteiger partial charge < -0.3 is 14.4 Å². The summed E-state index contributed by atoms with van der Waals surface area (Å²) in [5.41, 5.74) is 2.06. The number of nitrogens with zero attached hydrogens (tertiary/aromatic N) is 5. The molecule has 31 heavy (non-hydrogen) atoms. The van der Waals surface area contributed by atoms with Gasteiger partial charge in [-0.15, -0.1) is 0 Å². The van der Waals surface area contributed by atoms with E-state index in [1.807, 2.05) is 55.9 Å². The highest BCUT2D eigenvalue weighted by Crippen LogP contribution is 2.26. The molecule has 0 bridgehead atoms. The summed E-state index contributed by atoms with van der Waals surface area (Å²) in [6.45, 7) is 6.85. The van der Waals surface area contributed by atoms with Crippen molar-refractivity contribution < 1.29 is 14.3 Å². The number of piperidine rings is 1. The Hall–Kier alpha value is -2.81. The lowest BCUT2D eigenvalue weighted by molar-refractivity contribution is 0.0123. The molecule has 4 rings (SSSR count). The van der Waals surface area contributed by atoms with Crippen LogP contribution in [0.15, 0.2) is 41.8 Å². The first-order valence-corrected chi connectivity index (χ1v) is 11.5. The Kier molecular flexibility index (Phi) is 6.04. The summed E-state index contributed by atoms with van der Waals surface area (Å²) in [6, 6.07) is 7.67. The van der Waals surface area contributed by atoms with Crippen molar-refractivity contribution in [3.63, 3.8) is 0 Å². The Morgan fingerprint density at radius 1 is 1.16 bits per heavy atom. The molecule has 3 aromatic heterocycles. The largest absolute Gasteiger partial charge is 0.474 e. The van der Waals surface area contributed by atoms with Crippen molar-refractivity contribution in [3.8, 4) is 11.6 Å². The minimum absolute atomic E-state index is 0.0227. The van der Waals surface area contributed by atoms with Crippen LogP contribution in [0.2, 0.25) is 0 Å². The number of carbonyl (C=O) groups is 1. The molecule has 1 amide bonds. The quantitative estimate of drug-likeness (QED) is 0.558. The van der Waals surface area contributed by atoms with E-state index in [0.717, 1.165) is 34.8 Å². The van der Waals surface area contributed by atoms with E-state index < -0.39 is 5.60 Å². The third kappa shape index (κ3) is 4.92. The minimum Gasteiger partial charge on any atom is -0.474 e. The number of rotatable bonds is 4. The van der Waals surface area contributed by atoms with Gasteiger partial charge in [0.05, 0.1) is 11.9 Å². The van der Waals surface area contributed by atoms with E-state index in [-0.39, 0.29) is 12.2 Å². The molecule has 0 aliphatic carbocycles. The van der Waals surface area contributed by atoms with Gasteiger partial charge in [0.2, 0.25) is 5.88 Å². The molecule has 9 heteroatoms. The minimum atomic E-state index is -0.484. The number of likely N-dealkylation sites (tertiary alicyclic amines) is 1. The van der Waals surface area contributed by atoms with Crippen molar-refractivity contribution in [2.45, 2.75) is 50.5 Å². The lowest BCUT2D eigenvalue weighted by atomic mass is 10.1. The third-order valence-corrected chi connectivity index (χ3v) is 5.57. The van der Waals surface area contributed by atoms with Gasteiger partial charge in [-0.3, -0.25) is 4.57 Å². The molecule has 0 radical (unpaired) electrons. The van der Waals surface area contributed by atoms with E-state index in [1.54, 1.807) is 29.1 Å². The smallest absolute Gasteiger partial charge is 0.410 e. The van der Waals surface area contributed by atoms with Crippen LogP contribution in [0.4, 0.5) is 4.79 Å². The molecule has 0 N–H and O–H groups in total. The number of carbonyl (C=O) groups excluding carboxylic acids is 1. The molecule has 1 fully saturated rings. The summed E-state index contributed by atoms with van der Waals surface area (Å²) in [5, 5.41) is 0.860. The topological polar surface area (TPSA) is 82.4 Å². The summed E-state index contributed by atoms with van der Waals surface area (Å²) in [6.07, 6.45) is 6.78. The molecule has 0 aromatic carbocycles. The molecule has 8 nitrogen and oxygen atoms in total. The van der Waals surface area contributed by atoms with Gasteiger partial charge in [-0.1, -0.05) is 11.8 Å². The maximum absolute atomic E-state index is 12.2. The summed E-state index contributed by atoms with van der Waals surface area (Å²) >= 11 is 1.56. The Labute approximate surface area is 186 Å². The van der Waals surface area contributed by atoms with Crippen molar-refractivity contribution in [2.75, 3.05) is 19.3 Å². The normalized spacial score (nSPS) is 15.3. The van der Waals surface area contributed by atoms with Crippen LogP contribution in [0.5, 0.6) is 5.88 Å². The SMILES string of the molecule is CSc1nc2cccnc2n1-c1ccc(OC2CCN(C(=O)OC(C)(C)C)CC2)nc1. The maximum atomic E-state index is 12.2. The van der Waals surface area contributed by atoms with E-state index >= 15 is 0 Å². The van der Waals surface area contributed by atoms with Crippen molar-refractivity contribution in [3.05, 3.63) is 36.7 Å². The Morgan fingerprint density at radius 3 is 2.58 bits per heavy atom. The van der Waals surface area contributed by atoms with Crippen LogP contribution in [0.1, 0.15) is 33.6 Å². The number of fused-ring (bicyclic) bond motifs is 1. The summed E-state index contributed by atoms with van der Waals surface area (Å²) in [7, 11) is 0. The first kappa shape index (κ1) is 21.4. The zero-order valence-corrected chi connectivity index (χ0v) is 19.1. The van der Waals surface area contributed by atoms with Gasteiger partial charge in [0.15, 0.2) is 10.8 Å². The summed E-state index contributed by atoms with van der Waals surface area (Å²) in [5.74, 6) is 0.572. The van der Waals surface area contributed by atoms with Crippen molar-refractivity contribution in [1.82, 2.24) is 24.4 Å². The van der Waals surface area contributed by atoms with Crippen LogP contribution in [0.25, 0.3) is 16.9 Å². The lowest BCUT2D eigenvalue weighted by Crippen LogP contribution is -2.44. The molecule has 164 valence electrons. The highest BCUT2D eigenvalue weighted by molar-refractivity contribution is 7.98. The maximum Gasteiger partial charge on any atom is 0.410 e. The van der Waals surface area contributed by atoms with Gasteiger partial charge in [-0.25, -0.2) is 19.7 Å². The third-order valence-electron chi connectivity index (χ3n) is 4.93.